The third kappa shape index (κ3) is 4.13. The number of benzene rings is 1. The molecule has 0 heterocycles. The molecule has 0 saturated heterocycles. The molecule has 0 saturated carbocycles. The summed E-state index contributed by atoms with van der Waals surface area (Å²) in [6.07, 6.45) is 5.94. The lowest BCUT2D eigenvalue weighted by molar-refractivity contribution is 0.490. The average molecular weight is 247 g/mol. The molecule has 0 fully saturated rings. The molecular weight excluding hydrogens is 218 g/mol. The quantitative estimate of drug-likeness (QED) is 0.705. The number of hydrogen-bond acceptors (Lipinski definition) is 1. The second-order valence-electron chi connectivity index (χ2n) is 5.04. The van der Waals surface area contributed by atoms with Gasteiger partial charge < -0.3 is 5.32 Å². The third-order valence-electron chi connectivity index (χ3n) is 3.59. The summed E-state index contributed by atoms with van der Waals surface area (Å²) in [4.78, 5) is 0. The molecule has 0 radical (unpaired) electrons. The Labute approximate surface area is 113 Å². The topological polar surface area (TPSA) is 12.0 Å². The maximum atomic E-state index is 3.71. The van der Waals surface area contributed by atoms with Crippen molar-refractivity contribution in [2.45, 2.75) is 65.8 Å². The van der Waals surface area contributed by atoms with E-state index in [-0.39, 0.29) is 0 Å². The Morgan fingerprint density at radius 1 is 1.00 bits per heavy atom. The highest BCUT2D eigenvalue weighted by Crippen LogP contribution is 2.24. The number of hydrogen-bond donors (Lipinski definition) is 1. The van der Waals surface area contributed by atoms with Gasteiger partial charge in [-0.1, -0.05) is 52.3 Å². The molecule has 1 heteroatoms. The molecule has 0 aliphatic heterocycles. The largest absolute Gasteiger partial charge is 0.310 e. The van der Waals surface area contributed by atoms with E-state index in [1.807, 2.05) is 0 Å². The first-order valence-electron chi connectivity index (χ1n) is 7.61. The number of nitrogens with one attached hydrogen (secondary N) is 1. The molecule has 1 rings (SSSR count). The molecule has 102 valence electrons. The van der Waals surface area contributed by atoms with Crippen LogP contribution in [0.4, 0.5) is 0 Å². The van der Waals surface area contributed by atoms with Gasteiger partial charge in [-0.05, 0) is 48.9 Å². The highest BCUT2D eigenvalue weighted by atomic mass is 14.9. The highest BCUT2D eigenvalue weighted by Gasteiger charge is 2.13. The first kappa shape index (κ1) is 15.2. The van der Waals surface area contributed by atoms with E-state index in [4.69, 9.17) is 0 Å². The smallest absolute Gasteiger partial charge is 0.0322 e. The van der Waals surface area contributed by atoms with Crippen LogP contribution in [0.2, 0.25) is 0 Å². The van der Waals surface area contributed by atoms with Crippen LogP contribution in [0.3, 0.4) is 0 Å². The van der Waals surface area contributed by atoms with E-state index in [0.29, 0.717) is 6.04 Å². The van der Waals surface area contributed by atoms with Gasteiger partial charge in [-0.2, -0.15) is 0 Å². The average Bonchev–Trinajstić information content (AvgIpc) is 2.42. The molecule has 1 atom stereocenters. The molecule has 0 aromatic heterocycles. The van der Waals surface area contributed by atoms with E-state index in [1.54, 1.807) is 0 Å². The molecule has 18 heavy (non-hydrogen) atoms. The van der Waals surface area contributed by atoms with Crippen molar-refractivity contribution in [2.75, 3.05) is 6.54 Å². The molecule has 1 aromatic carbocycles. The van der Waals surface area contributed by atoms with Gasteiger partial charge in [0.25, 0.3) is 0 Å². The monoisotopic (exact) mass is 247 g/mol. The Kier molecular flexibility index (Phi) is 7.04. The molecule has 1 nitrogen and oxygen atoms in total. The molecule has 0 spiro atoms. The van der Waals surface area contributed by atoms with Crippen molar-refractivity contribution in [3.63, 3.8) is 0 Å². The van der Waals surface area contributed by atoms with Crippen molar-refractivity contribution in [1.82, 2.24) is 5.32 Å². The van der Waals surface area contributed by atoms with E-state index in [9.17, 15) is 0 Å². The van der Waals surface area contributed by atoms with E-state index >= 15 is 0 Å². The van der Waals surface area contributed by atoms with Gasteiger partial charge in [0.15, 0.2) is 0 Å². The fourth-order valence-corrected chi connectivity index (χ4v) is 2.49. The minimum absolute atomic E-state index is 0.538. The van der Waals surface area contributed by atoms with Crippen molar-refractivity contribution in [3.8, 4) is 0 Å². The second-order valence-corrected chi connectivity index (χ2v) is 5.04. The van der Waals surface area contributed by atoms with Gasteiger partial charge in [-0.3, -0.25) is 0 Å². The Morgan fingerprint density at radius 2 is 1.78 bits per heavy atom. The summed E-state index contributed by atoms with van der Waals surface area (Å²) in [5, 5.41) is 3.71. The van der Waals surface area contributed by atoms with Crippen LogP contribution in [-0.4, -0.2) is 6.54 Å². The Balaban J connectivity index is 2.98. The Morgan fingerprint density at radius 3 is 2.33 bits per heavy atom. The van der Waals surface area contributed by atoms with Gasteiger partial charge in [0, 0.05) is 6.04 Å². The van der Waals surface area contributed by atoms with Crippen molar-refractivity contribution in [2.24, 2.45) is 0 Å². The molecule has 0 amide bonds. The normalized spacial score (nSPS) is 12.7. The van der Waals surface area contributed by atoms with Crippen LogP contribution in [-0.2, 0) is 12.8 Å². The van der Waals surface area contributed by atoms with Gasteiger partial charge in [-0.25, -0.2) is 0 Å². The SMILES string of the molecule is CCCNC(CCC)c1cc(CC)ccc1CC. The lowest BCUT2D eigenvalue weighted by atomic mass is 9.93. The fraction of sp³-hybridized carbons (Fsp3) is 0.647. The van der Waals surface area contributed by atoms with Crippen LogP contribution >= 0.6 is 0 Å². The summed E-state index contributed by atoms with van der Waals surface area (Å²) in [5.74, 6) is 0. The van der Waals surface area contributed by atoms with Crippen molar-refractivity contribution in [1.29, 1.82) is 0 Å². The third-order valence-corrected chi connectivity index (χ3v) is 3.59. The zero-order valence-electron chi connectivity index (χ0n) is 12.6. The first-order chi connectivity index (χ1) is 8.76. The number of aryl methyl sites for hydroxylation is 2. The molecule has 1 unspecified atom stereocenters. The second kappa shape index (κ2) is 8.31. The maximum absolute atomic E-state index is 3.71. The minimum Gasteiger partial charge on any atom is -0.310 e. The van der Waals surface area contributed by atoms with Crippen LogP contribution < -0.4 is 5.32 Å². The van der Waals surface area contributed by atoms with Gasteiger partial charge in [0.05, 0.1) is 0 Å². The van der Waals surface area contributed by atoms with Crippen LogP contribution in [0.15, 0.2) is 18.2 Å². The maximum Gasteiger partial charge on any atom is 0.0322 e. The van der Waals surface area contributed by atoms with Crippen LogP contribution in [0.25, 0.3) is 0 Å². The molecule has 0 aliphatic rings. The standard InChI is InChI=1S/C17H29N/c1-5-9-17(18-12-6-2)16-13-14(7-3)10-11-15(16)8-4/h10-11,13,17-18H,5-9,12H2,1-4H3. The molecule has 1 N–H and O–H groups in total. The summed E-state index contributed by atoms with van der Waals surface area (Å²) >= 11 is 0. The zero-order chi connectivity index (χ0) is 13.4. The van der Waals surface area contributed by atoms with Crippen LogP contribution in [0.5, 0.6) is 0 Å². The van der Waals surface area contributed by atoms with Gasteiger partial charge in [-0.15, -0.1) is 0 Å². The summed E-state index contributed by atoms with van der Waals surface area (Å²) in [6.45, 7) is 10.1. The lowest BCUT2D eigenvalue weighted by Gasteiger charge is -2.22. The predicted molar refractivity (Wildman–Crippen MR) is 81.1 cm³/mol. The van der Waals surface area contributed by atoms with Crippen LogP contribution in [0, 0.1) is 0 Å². The van der Waals surface area contributed by atoms with Gasteiger partial charge in [0.2, 0.25) is 0 Å². The van der Waals surface area contributed by atoms with Crippen molar-refractivity contribution >= 4 is 0 Å². The summed E-state index contributed by atoms with van der Waals surface area (Å²) in [7, 11) is 0. The van der Waals surface area contributed by atoms with E-state index in [0.717, 1.165) is 19.4 Å². The van der Waals surface area contributed by atoms with Crippen molar-refractivity contribution in [3.05, 3.63) is 34.9 Å². The number of rotatable bonds is 8. The van der Waals surface area contributed by atoms with E-state index in [1.165, 1.54) is 36.0 Å². The Hall–Kier alpha value is -0.820. The molecule has 0 aliphatic carbocycles. The van der Waals surface area contributed by atoms with Gasteiger partial charge >= 0.3 is 0 Å². The highest BCUT2D eigenvalue weighted by molar-refractivity contribution is 5.34. The Bertz CT molecular complexity index is 343. The predicted octanol–water partition coefficient (Wildman–Crippen LogP) is 4.65. The fourth-order valence-electron chi connectivity index (χ4n) is 2.49. The lowest BCUT2D eigenvalue weighted by Crippen LogP contribution is -2.23. The zero-order valence-corrected chi connectivity index (χ0v) is 12.6. The van der Waals surface area contributed by atoms with E-state index < -0.39 is 0 Å². The summed E-state index contributed by atoms with van der Waals surface area (Å²) in [5.41, 5.74) is 4.50. The van der Waals surface area contributed by atoms with E-state index in [2.05, 4.69) is 51.2 Å². The molecular formula is C17H29N. The van der Waals surface area contributed by atoms with Gasteiger partial charge in [0.1, 0.15) is 0 Å². The van der Waals surface area contributed by atoms with Crippen molar-refractivity contribution < 1.29 is 0 Å². The summed E-state index contributed by atoms with van der Waals surface area (Å²) in [6, 6.07) is 7.56. The van der Waals surface area contributed by atoms with Crippen LogP contribution in [0.1, 0.15) is 69.7 Å². The summed E-state index contributed by atoms with van der Waals surface area (Å²) < 4.78 is 0. The molecule has 1 aromatic rings. The molecule has 0 bridgehead atoms. The first-order valence-corrected chi connectivity index (χ1v) is 7.61. The minimum atomic E-state index is 0.538.